The second-order valence-electron chi connectivity index (χ2n) is 8.68. The Labute approximate surface area is 187 Å². The third-order valence-electron chi connectivity index (χ3n) is 5.78. The fourth-order valence-corrected chi connectivity index (χ4v) is 4.30. The fourth-order valence-electron chi connectivity index (χ4n) is 4.30. The molecule has 2 heterocycles. The predicted octanol–water partition coefficient (Wildman–Crippen LogP) is 3.19. The highest BCUT2D eigenvalue weighted by atomic mass is 16.5. The first-order valence-electron chi connectivity index (χ1n) is 11.0. The van der Waals surface area contributed by atoms with Gasteiger partial charge < -0.3 is 19.7 Å². The second kappa shape index (κ2) is 9.53. The van der Waals surface area contributed by atoms with E-state index in [0.29, 0.717) is 36.4 Å². The SMILES string of the molecule is CC(C)CC(NC(=O)c1cccc(Oc2ccccc2)c1)C(=O)N1CCC2OCC(=O)C21. The Balaban J connectivity index is 1.48. The van der Waals surface area contributed by atoms with Crippen LogP contribution in [0.3, 0.4) is 0 Å². The molecular formula is C25H28N2O5. The lowest BCUT2D eigenvalue weighted by molar-refractivity contribution is -0.138. The van der Waals surface area contributed by atoms with Crippen LogP contribution in [0.25, 0.3) is 0 Å². The highest BCUT2D eigenvalue weighted by Crippen LogP contribution is 2.28. The first kappa shape index (κ1) is 22.0. The summed E-state index contributed by atoms with van der Waals surface area (Å²) in [5, 5.41) is 2.89. The Bertz CT molecular complexity index is 991. The average Bonchev–Trinajstić information content (AvgIpc) is 3.36. The Kier molecular flexibility index (Phi) is 6.55. The van der Waals surface area contributed by atoms with Crippen LogP contribution in [0.1, 0.15) is 37.0 Å². The van der Waals surface area contributed by atoms with Crippen LogP contribution in [0.15, 0.2) is 54.6 Å². The van der Waals surface area contributed by atoms with Crippen LogP contribution < -0.4 is 10.1 Å². The second-order valence-corrected chi connectivity index (χ2v) is 8.68. The van der Waals surface area contributed by atoms with Crippen molar-refractivity contribution in [3.05, 3.63) is 60.2 Å². The molecule has 3 unspecified atom stereocenters. The standard InChI is InChI=1S/C25H28N2O5/c1-16(2)13-20(25(30)27-12-11-22-23(27)21(28)15-31-22)26-24(29)17-7-6-10-19(14-17)32-18-8-4-3-5-9-18/h3-10,14,16,20,22-23H,11-13,15H2,1-2H3,(H,26,29). The molecule has 32 heavy (non-hydrogen) atoms. The van der Waals surface area contributed by atoms with Crippen molar-refractivity contribution in [3.63, 3.8) is 0 Å². The van der Waals surface area contributed by atoms with Gasteiger partial charge in [0.05, 0.1) is 6.10 Å². The van der Waals surface area contributed by atoms with E-state index in [-0.39, 0.29) is 36.2 Å². The normalized spacial score (nSPS) is 20.8. The summed E-state index contributed by atoms with van der Waals surface area (Å²) in [5.74, 6) is 0.742. The molecule has 168 valence electrons. The molecule has 0 aliphatic carbocycles. The van der Waals surface area contributed by atoms with Crippen molar-refractivity contribution >= 4 is 17.6 Å². The van der Waals surface area contributed by atoms with Crippen molar-refractivity contribution in [2.24, 2.45) is 5.92 Å². The van der Waals surface area contributed by atoms with Crippen LogP contribution in [0.4, 0.5) is 0 Å². The van der Waals surface area contributed by atoms with Crippen molar-refractivity contribution in [3.8, 4) is 11.5 Å². The monoisotopic (exact) mass is 436 g/mol. The first-order valence-corrected chi connectivity index (χ1v) is 11.0. The number of para-hydroxylation sites is 1. The number of carbonyl (C=O) groups excluding carboxylic acids is 3. The third-order valence-corrected chi connectivity index (χ3v) is 5.78. The van der Waals surface area contributed by atoms with Crippen LogP contribution in [-0.2, 0) is 14.3 Å². The molecule has 1 N–H and O–H groups in total. The molecular weight excluding hydrogens is 408 g/mol. The molecule has 3 atom stereocenters. The van der Waals surface area contributed by atoms with Crippen molar-refractivity contribution < 1.29 is 23.9 Å². The predicted molar refractivity (Wildman–Crippen MR) is 119 cm³/mol. The summed E-state index contributed by atoms with van der Waals surface area (Å²) in [5.41, 5.74) is 0.402. The van der Waals surface area contributed by atoms with E-state index in [9.17, 15) is 14.4 Å². The van der Waals surface area contributed by atoms with Crippen LogP contribution in [0.5, 0.6) is 11.5 Å². The van der Waals surface area contributed by atoms with E-state index >= 15 is 0 Å². The summed E-state index contributed by atoms with van der Waals surface area (Å²) < 4.78 is 11.3. The minimum Gasteiger partial charge on any atom is -0.457 e. The zero-order valence-corrected chi connectivity index (χ0v) is 18.3. The number of ketones is 1. The number of nitrogens with zero attached hydrogens (tertiary/aromatic N) is 1. The van der Waals surface area contributed by atoms with E-state index in [4.69, 9.17) is 9.47 Å². The Morgan fingerprint density at radius 1 is 1.12 bits per heavy atom. The van der Waals surface area contributed by atoms with Crippen LogP contribution in [0, 0.1) is 5.92 Å². The number of rotatable bonds is 7. The maximum atomic E-state index is 13.3. The van der Waals surface area contributed by atoms with Gasteiger partial charge in [-0.05, 0) is 49.1 Å². The smallest absolute Gasteiger partial charge is 0.252 e. The number of nitrogens with one attached hydrogen (secondary N) is 1. The lowest BCUT2D eigenvalue weighted by atomic mass is 10.0. The number of hydrogen-bond acceptors (Lipinski definition) is 5. The molecule has 2 fully saturated rings. The van der Waals surface area contributed by atoms with E-state index in [1.165, 1.54) is 0 Å². The van der Waals surface area contributed by atoms with Crippen molar-refractivity contribution in [1.82, 2.24) is 10.2 Å². The Morgan fingerprint density at radius 3 is 2.62 bits per heavy atom. The summed E-state index contributed by atoms with van der Waals surface area (Å²) >= 11 is 0. The summed E-state index contributed by atoms with van der Waals surface area (Å²) in [7, 11) is 0. The molecule has 2 aliphatic heterocycles. The molecule has 7 heteroatoms. The van der Waals surface area contributed by atoms with Gasteiger partial charge in [-0.25, -0.2) is 0 Å². The molecule has 7 nitrogen and oxygen atoms in total. The van der Waals surface area contributed by atoms with Crippen LogP contribution in [0.2, 0.25) is 0 Å². The molecule has 2 amide bonds. The fraction of sp³-hybridized carbons (Fsp3) is 0.400. The molecule has 0 bridgehead atoms. The van der Waals surface area contributed by atoms with Crippen molar-refractivity contribution in [1.29, 1.82) is 0 Å². The molecule has 2 saturated heterocycles. The molecule has 0 spiro atoms. The molecule has 0 radical (unpaired) electrons. The Morgan fingerprint density at radius 2 is 1.88 bits per heavy atom. The van der Waals surface area contributed by atoms with Crippen LogP contribution >= 0.6 is 0 Å². The van der Waals surface area contributed by atoms with Gasteiger partial charge in [0.15, 0.2) is 5.78 Å². The lowest BCUT2D eigenvalue weighted by Crippen LogP contribution is -2.52. The number of benzene rings is 2. The third kappa shape index (κ3) is 4.83. The van der Waals surface area contributed by atoms with Crippen molar-refractivity contribution in [2.75, 3.05) is 13.2 Å². The minimum atomic E-state index is -0.714. The number of hydrogen-bond donors (Lipinski definition) is 1. The maximum absolute atomic E-state index is 13.3. The maximum Gasteiger partial charge on any atom is 0.252 e. The van der Waals surface area contributed by atoms with Crippen molar-refractivity contribution in [2.45, 2.75) is 44.9 Å². The summed E-state index contributed by atoms with van der Waals surface area (Å²) in [6.45, 7) is 4.51. The molecule has 2 aromatic rings. The number of ether oxygens (including phenoxy) is 2. The van der Waals surface area contributed by atoms with E-state index in [1.54, 1.807) is 29.2 Å². The number of carbonyl (C=O) groups is 3. The van der Waals surface area contributed by atoms with E-state index < -0.39 is 12.1 Å². The summed E-state index contributed by atoms with van der Waals surface area (Å²) in [4.78, 5) is 40.2. The van der Waals surface area contributed by atoms with Crippen LogP contribution in [-0.4, -0.2) is 53.8 Å². The van der Waals surface area contributed by atoms with Gasteiger partial charge in [0.25, 0.3) is 5.91 Å². The number of amides is 2. The molecule has 2 aliphatic rings. The Hall–Kier alpha value is -3.19. The molecule has 0 aromatic heterocycles. The molecule has 4 rings (SSSR count). The highest BCUT2D eigenvalue weighted by molar-refractivity contribution is 5.99. The van der Waals surface area contributed by atoms with Gasteiger partial charge in [-0.15, -0.1) is 0 Å². The van der Waals surface area contributed by atoms with Gasteiger partial charge in [0.1, 0.15) is 30.2 Å². The van der Waals surface area contributed by atoms with Gasteiger partial charge in [0, 0.05) is 12.1 Å². The zero-order valence-electron chi connectivity index (χ0n) is 18.3. The quantitative estimate of drug-likeness (QED) is 0.721. The lowest BCUT2D eigenvalue weighted by Gasteiger charge is -2.28. The average molecular weight is 437 g/mol. The number of likely N-dealkylation sites (tertiary alicyclic amines) is 1. The van der Waals surface area contributed by atoms with Gasteiger partial charge >= 0.3 is 0 Å². The van der Waals surface area contributed by atoms with Gasteiger partial charge in [-0.1, -0.05) is 38.1 Å². The van der Waals surface area contributed by atoms with Gasteiger partial charge in [-0.2, -0.15) is 0 Å². The summed E-state index contributed by atoms with van der Waals surface area (Å²) in [6.07, 6.45) is 0.894. The van der Waals surface area contributed by atoms with Gasteiger partial charge in [0.2, 0.25) is 5.91 Å². The topological polar surface area (TPSA) is 84.9 Å². The van der Waals surface area contributed by atoms with E-state index in [0.717, 1.165) is 0 Å². The summed E-state index contributed by atoms with van der Waals surface area (Å²) in [6, 6.07) is 14.9. The molecule has 2 aromatic carbocycles. The number of fused-ring (bicyclic) bond motifs is 1. The molecule has 0 saturated carbocycles. The van der Waals surface area contributed by atoms with E-state index in [2.05, 4.69) is 5.32 Å². The highest BCUT2D eigenvalue weighted by Gasteiger charge is 2.48. The minimum absolute atomic E-state index is 0.0501. The first-order chi connectivity index (χ1) is 15.4. The van der Waals surface area contributed by atoms with Gasteiger partial charge in [-0.3, -0.25) is 14.4 Å². The largest absolute Gasteiger partial charge is 0.457 e. The number of Topliss-reactive ketones (excluding diaryl/α,β-unsaturated/α-hetero) is 1. The van der Waals surface area contributed by atoms with E-state index in [1.807, 2.05) is 44.2 Å². The zero-order chi connectivity index (χ0) is 22.7.